The molecule has 3 N–H and O–H groups in total. The second kappa shape index (κ2) is 4.85. The summed E-state index contributed by atoms with van der Waals surface area (Å²) < 4.78 is 1.39. The zero-order valence-electron chi connectivity index (χ0n) is 11.1. The van der Waals surface area contributed by atoms with Gasteiger partial charge >= 0.3 is 5.69 Å². The van der Waals surface area contributed by atoms with Gasteiger partial charge in [0.25, 0.3) is 11.1 Å². The Bertz CT molecular complexity index is 957. The van der Waals surface area contributed by atoms with Gasteiger partial charge in [-0.15, -0.1) is 0 Å². The van der Waals surface area contributed by atoms with E-state index in [-0.39, 0.29) is 16.7 Å². The van der Waals surface area contributed by atoms with Crippen LogP contribution in [0.3, 0.4) is 0 Å². The lowest BCUT2D eigenvalue weighted by atomic mass is 10.4. The molecule has 0 unspecified atom stereocenters. The van der Waals surface area contributed by atoms with E-state index in [9.17, 15) is 14.4 Å². The smallest absolute Gasteiger partial charge is 0.330 e. The average Bonchev–Trinajstić information content (AvgIpc) is 2.90. The number of aryl methyl sites for hydroxylation is 1. The van der Waals surface area contributed by atoms with Gasteiger partial charge in [-0.05, 0) is 12.5 Å². The number of rotatable bonds is 3. The highest BCUT2D eigenvalue weighted by Gasteiger charge is 2.14. The molecule has 0 bridgehead atoms. The Morgan fingerprint density at radius 1 is 1.19 bits per heavy atom. The van der Waals surface area contributed by atoms with Crippen LogP contribution in [0, 0.1) is 0 Å². The van der Waals surface area contributed by atoms with Crippen LogP contribution in [0.4, 0.5) is 0 Å². The highest BCUT2D eigenvalue weighted by atomic mass is 16.2. The summed E-state index contributed by atoms with van der Waals surface area (Å²) in [5, 5.41) is 6.13. The van der Waals surface area contributed by atoms with E-state index in [2.05, 4.69) is 25.1 Å². The predicted molar refractivity (Wildman–Crippen MR) is 75.1 cm³/mol. The van der Waals surface area contributed by atoms with Crippen LogP contribution in [-0.2, 0) is 6.54 Å². The van der Waals surface area contributed by atoms with E-state index in [1.807, 2.05) is 6.92 Å². The molecule has 0 spiro atoms. The van der Waals surface area contributed by atoms with Crippen LogP contribution >= 0.6 is 0 Å². The minimum Gasteiger partial charge on any atom is -0.331 e. The molecule has 108 valence electrons. The lowest BCUT2D eigenvalue weighted by molar-refractivity contribution is 0.652. The zero-order chi connectivity index (χ0) is 15.0. The van der Waals surface area contributed by atoms with Gasteiger partial charge in [-0.2, -0.15) is 5.10 Å². The fraction of sp³-hybridized carbons (Fsp3) is 0.250. The predicted octanol–water partition coefficient (Wildman–Crippen LogP) is -0.427. The molecule has 0 radical (unpaired) electrons. The molecule has 0 amide bonds. The Morgan fingerprint density at radius 3 is 2.67 bits per heavy atom. The van der Waals surface area contributed by atoms with E-state index in [4.69, 9.17) is 0 Å². The van der Waals surface area contributed by atoms with Crippen molar-refractivity contribution in [1.29, 1.82) is 0 Å². The third-order valence-electron chi connectivity index (χ3n) is 3.00. The fourth-order valence-electron chi connectivity index (χ4n) is 2.07. The van der Waals surface area contributed by atoms with Crippen LogP contribution in [0.5, 0.6) is 0 Å². The van der Waals surface area contributed by atoms with E-state index >= 15 is 0 Å². The maximum atomic E-state index is 11.8. The van der Waals surface area contributed by atoms with Crippen molar-refractivity contribution >= 4 is 11.2 Å². The maximum Gasteiger partial charge on any atom is 0.330 e. The van der Waals surface area contributed by atoms with Crippen molar-refractivity contribution in [3.05, 3.63) is 43.3 Å². The number of hydrogen-bond acceptors (Lipinski definition) is 5. The largest absolute Gasteiger partial charge is 0.331 e. The van der Waals surface area contributed by atoms with Crippen molar-refractivity contribution in [3.63, 3.8) is 0 Å². The maximum absolute atomic E-state index is 11.8. The van der Waals surface area contributed by atoms with E-state index in [1.54, 1.807) is 0 Å². The van der Waals surface area contributed by atoms with Crippen LogP contribution in [0.25, 0.3) is 22.7 Å². The molecule has 0 aliphatic rings. The standard InChI is InChI=1S/C12H12N6O3/c1-2-5-18-10-8(11(20)15-12(18)21)13-9(14-10)6-3-4-7(19)17-16-6/h3-4H,2,5H2,1H3,(H,13,14)(H,17,19)(H,15,20,21). The van der Waals surface area contributed by atoms with E-state index in [0.717, 1.165) is 6.42 Å². The molecule has 3 heterocycles. The third kappa shape index (κ3) is 2.18. The Hall–Kier alpha value is -2.97. The number of hydrogen-bond donors (Lipinski definition) is 3. The summed E-state index contributed by atoms with van der Waals surface area (Å²) in [6, 6.07) is 2.78. The molecule has 0 aromatic carbocycles. The molecule has 0 fully saturated rings. The summed E-state index contributed by atoms with van der Waals surface area (Å²) in [4.78, 5) is 44.0. The average molecular weight is 288 g/mol. The minimum absolute atomic E-state index is 0.200. The van der Waals surface area contributed by atoms with Gasteiger partial charge in [-0.25, -0.2) is 14.9 Å². The zero-order valence-corrected chi connectivity index (χ0v) is 11.1. The van der Waals surface area contributed by atoms with E-state index < -0.39 is 11.2 Å². The Labute approximate surface area is 116 Å². The first kappa shape index (κ1) is 13.0. The Kier molecular flexibility index (Phi) is 3.01. The molecule has 3 aromatic heterocycles. The van der Waals surface area contributed by atoms with Crippen LogP contribution in [0.2, 0.25) is 0 Å². The number of imidazole rings is 1. The van der Waals surface area contributed by atoms with Gasteiger partial charge in [0.05, 0.1) is 0 Å². The van der Waals surface area contributed by atoms with Crippen molar-refractivity contribution in [2.45, 2.75) is 19.9 Å². The second-order valence-electron chi connectivity index (χ2n) is 4.50. The summed E-state index contributed by atoms with van der Waals surface area (Å²) in [7, 11) is 0. The lowest BCUT2D eigenvalue weighted by Crippen LogP contribution is -2.30. The quantitative estimate of drug-likeness (QED) is 0.602. The molecule has 0 saturated carbocycles. The number of aromatic nitrogens is 6. The minimum atomic E-state index is -0.537. The molecule has 3 aromatic rings. The first-order valence-corrected chi connectivity index (χ1v) is 6.39. The topological polar surface area (TPSA) is 129 Å². The lowest BCUT2D eigenvalue weighted by Gasteiger charge is -2.02. The number of nitrogens with one attached hydrogen (secondary N) is 3. The summed E-state index contributed by atoms with van der Waals surface area (Å²) in [6.45, 7) is 2.36. The van der Waals surface area contributed by atoms with Crippen LogP contribution in [-0.4, -0.2) is 29.7 Å². The Morgan fingerprint density at radius 2 is 2.00 bits per heavy atom. The van der Waals surface area contributed by atoms with Gasteiger partial charge in [0, 0.05) is 12.6 Å². The molecule has 3 rings (SSSR count). The van der Waals surface area contributed by atoms with E-state index in [1.165, 1.54) is 16.7 Å². The summed E-state index contributed by atoms with van der Waals surface area (Å²) >= 11 is 0. The highest BCUT2D eigenvalue weighted by molar-refractivity contribution is 5.74. The number of aromatic amines is 3. The third-order valence-corrected chi connectivity index (χ3v) is 3.00. The normalized spacial score (nSPS) is 11.1. The van der Waals surface area contributed by atoms with Crippen LogP contribution in [0.1, 0.15) is 13.3 Å². The number of fused-ring (bicyclic) bond motifs is 1. The summed E-state index contributed by atoms with van der Waals surface area (Å²) in [6.07, 6.45) is 0.722. The second-order valence-corrected chi connectivity index (χ2v) is 4.50. The first-order chi connectivity index (χ1) is 10.1. The van der Waals surface area contributed by atoms with Gasteiger partial charge in [-0.3, -0.25) is 19.1 Å². The Balaban J connectivity index is 2.28. The summed E-state index contributed by atoms with van der Waals surface area (Å²) in [5.41, 5.74) is -0.525. The molecule has 0 aliphatic heterocycles. The van der Waals surface area contributed by atoms with Gasteiger partial charge in [0.15, 0.2) is 11.5 Å². The van der Waals surface area contributed by atoms with Crippen molar-refractivity contribution in [3.8, 4) is 11.5 Å². The van der Waals surface area contributed by atoms with Crippen LogP contribution < -0.4 is 16.8 Å². The monoisotopic (exact) mass is 288 g/mol. The van der Waals surface area contributed by atoms with Crippen LogP contribution in [0.15, 0.2) is 26.5 Å². The molecule has 0 saturated heterocycles. The van der Waals surface area contributed by atoms with Gasteiger partial charge in [0.2, 0.25) is 0 Å². The molecule has 9 nitrogen and oxygen atoms in total. The molecule has 0 atom stereocenters. The molecule has 21 heavy (non-hydrogen) atoms. The molecule has 9 heteroatoms. The number of nitrogens with zero attached hydrogens (tertiary/aromatic N) is 3. The first-order valence-electron chi connectivity index (χ1n) is 6.39. The van der Waals surface area contributed by atoms with Crippen molar-refractivity contribution < 1.29 is 0 Å². The van der Waals surface area contributed by atoms with Gasteiger partial charge < -0.3 is 4.98 Å². The molecule has 0 aliphatic carbocycles. The SMILES string of the molecule is CCCn1c(=O)[nH]c(=O)c2[nH]c(-c3ccc(=O)[nH]n3)nc21. The number of H-pyrrole nitrogens is 3. The van der Waals surface area contributed by atoms with Gasteiger partial charge in [-0.1, -0.05) is 6.92 Å². The molecular formula is C12H12N6O3. The molecular weight excluding hydrogens is 276 g/mol. The summed E-state index contributed by atoms with van der Waals surface area (Å²) in [5.74, 6) is 0.308. The van der Waals surface area contributed by atoms with E-state index in [0.29, 0.717) is 18.1 Å². The van der Waals surface area contributed by atoms with Crippen molar-refractivity contribution in [1.82, 2.24) is 29.7 Å². The van der Waals surface area contributed by atoms with Gasteiger partial charge in [0.1, 0.15) is 11.2 Å². The van der Waals surface area contributed by atoms with Crippen molar-refractivity contribution in [2.24, 2.45) is 0 Å². The van der Waals surface area contributed by atoms with Crippen molar-refractivity contribution in [2.75, 3.05) is 0 Å². The fourth-order valence-corrected chi connectivity index (χ4v) is 2.07. The highest BCUT2D eigenvalue weighted by Crippen LogP contribution is 2.14.